The highest BCUT2D eigenvalue weighted by molar-refractivity contribution is 5.30. The van der Waals surface area contributed by atoms with Gasteiger partial charge in [-0.1, -0.05) is 0 Å². The highest BCUT2D eigenvalue weighted by Crippen LogP contribution is 2.20. The lowest BCUT2D eigenvalue weighted by Gasteiger charge is -2.07. The molecule has 0 amide bonds. The van der Waals surface area contributed by atoms with E-state index in [1.165, 1.54) is 0 Å². The number of hydrogen-bond donors (Lipinski definition) is 1. The number of ether oxygens (including phenoxy) is 1. The molecule has 0 bridgehead atoms. The van der Waals surface area contributed by atoms with Crippen LogP contribution in [0.25, 0.3) is 0 Å². The van der Waals surface area contributed by atoms with E-state index < -0.39 is 0 Å². The normalized spacial score (nSPS) is 10.9. The first kappa shape index (κ1) is 12.6. The number of hydrogen-bond acceptors (Lipinski definition) is 4. The molecule has 0 saturated carbocycles. The van der Waals surface area contributed by atoms with E-state index in [1.54, 1.807) is 18.0 Å². The molecule has 6 nitrogen and oxygen atoms in total. The van der Waals surface area contributed by atoms with Crippen molar-refractivity contribution in [1.29, 1.82) is 0 Å². The molecule has 0 unspecified atom stereocenters. The minimum Gasteiger partial charge on any atom is -0.481 e. The lowest BCUT2D eigenvalue weighted by atomic mass is 10.2. The fourth-order valence-electron chi connectivity index (χ4n) is 2.01. The van der Waals surface area contributed by atoms with Crippen molar-refractivity contribution in [2.24, 2.45) is 14.1 Å². The highest BCUT2D eigenvalue weighted by Gasteiger charge is 2.13. The van der Waals surface area contributed by atoms with E-state index in [9.17, 15) is 0 Å². The number of nitrogens with zero attached hydrogens (tertiary/aromatic N) is 4. The first-order valence-electron chi connectivity index (χ1n) is 5.87. The van der Waals surface area contributed by atoms with Crippen LogP contribution in [-0.2, 0) is 27.2 Å². The lowest BCUT2D eigenvalue weighted by Crippen LogP contribution is -2.16. The average Bonchev–Trinajstić information content (AvgIpc) is 2.84. The summed E-state index contributed by atoms with van der Waals surface area (Å²) in [5, 5.41) is 7.70. The maximum absolute atomic E-state index is 5.35. The maximum atomic E-state index is 5.35. The zero-order valence-corrected chi connectivity index (χ0v) is 11.3. The molecule has 0 aliphatic carbocycles. The van der Waals surface area contributed by atoms with Gasteiger partial charge in [-0.15, -0.1) is 0 Å². The van der Waals surface area contributed by atoms with Gasteiger partial charge in [0.1, 0.15) is 5.82 Å². The van der Waals surface area contributed by atoms with Crippen molar-refractivity contribution in [2.75, 3.05) is 7.11 Å². The number of nitrogens with one attached hydrogen (secondary N) is 1. The second-order valence-electron chi connectivity index (χ2n) is 4.25. The first-order valence-corrected chi connectivity index (χ1v) is 5.87. The van der Waals surface area contributed by atoms with Gasteiger partial charge in [0.2, 0.25) is 5.88 Å². The highest BCUT2D eigenvalue weighted by atomic mass is 16.5. The molecule has 0 radical (unpaired) electrons. The largest absolute Gasteiger partial charge is 0.481 e. The zero-order chi connectivity index (χ0) is 13.1. The molecule has 2 heterocycles. The summed E-state index contributed by atoms with van der Waals surface area (Å²) < 4.78 is 9.11. The summed E-state index contributed by atoms with van der Waals surface area (Å²) >= 11 is 0. The van der Waals surface area contributed by atoms with Gasteiger partial charge in [-0.3, -0.25) is 0 Å². The van der Waals surface area contributed by atoms with Crippen LogP contribution in [-0.4, -0.2) is 26.4 Å². The molecule has 0 spiro atoms. The molecule has 98 valence electrons. The second-order valence-corrected chi connectivity index (χ2v) is 4.25. The van der Waals surface area contributed by atoms with Crippen LogP contribution in [0, 0.1) is 6.92 Å². The summed E-state index contributed by atoms with van der Waals surface area (Å²) in [5.74, 6) is 1.82. The molecular weight excluding hydrogens is 230 g/mol. The van der Waals surface area contributed by atoms with E-state index in [0.29, 0.717) is 0 Å². The molecule has 0 aliphatic rings. The number of rotatable bonds is 5. The molecule has 18 heavy (non-hydrogen) atoms. The predicted octanol–water partition coefficient (Wildman–Crippen LogP) is 0.760. The van der Waals surface area contributed by atoms with E-state index in [1.807, 2.05) is 31.8 Å². The monoisotopic (exact) mass is 249 g/mol. The third-order valence-electron chi connectivity index (χ3n) is 2.99. The van der Waals surface area contributed by atoms with Crippen molar-refractivity contribution in [3.05, 3.63) is 29.5 Å². The maximum Gasteiger partial charge on any atom is 0.216 e. The fraction of sp³-hybridized carbons (Fsp3) is 0.500. The summed E-state index contributed by atoms with van der Waals surface area (Å²) in [7, 11) is 5.53. The molecule has 0 fully saturated rings. The van der Waals surface area contributed by atoms with Crippen LogP contribution in [0.1, 0.15) is 17.1 Å². The van der Waals surface area contributed by atoms with Crippen LogP contribution < -0.4 is 10.1 Å². The third-order valence-corrected chi connectivity index (χ3v) is 2.99. The molecule has 0 saturated heterocycles. The van der Waals surface area contributed by atoms with Crippen molar-refractivity contribution in [3.63, 3.8) is 0 Å². The minimum absolute atomic E-state index is 0.718. The summed E-state index contributed by atoms with van der Waals surface area (Å²) in [6.45, 7) is 3.43. The van der Waals surface area contributed by atoms with Crippen molar-refractivity contribution in [1.82, 2.24) is 24.6 Å². The Kier molecular flexibility index (Phi) is 3.66. The van der Waals surface area contributed by atoms with Gasteiger partial charge in [-0.25, -0.2) is 9.67 Å². The van der Waals surface area contributed by atoms with Crippen molar-refractivity contribution >= 4 is 0 Å². The molecular formula is C12H19N5O. The van der Waals surface area contributed by atoms with E-state index in [-0.39, 0.29) is 0 Å². The second kappa shape index (κ2) is 5.22. The van der Waals surface area contributed by atoms with Crippen LogP contribution in [0.3, 0.4) is 0 Å². The Bertz CT molecular complexity index is 529. The summed E-state index contributed by atoms with van der Waals surface area (Å²) in [6.07, 6.45) is 3.74. The molecule has 1 N–H and O–H groups in total. The molecule has 6 heteroatoms. The standard InChI is InChI=1S/C12H19N5O/c1-9-10(12(18-4)17(3)15-9)7-13-8-11-14-5-6-16(11)2/h5-6,13H,7-8H2,1-4H3. The first-order chi connectivity index (χ1) is 8.63. The summed E-state index contributed by atoms with van der Waals surface area (Å²) in [6, 6.07) is 0. The van der Waals surface area contributed by atoms with Gasteiger partial charge in [0.05, 0.1) is 24.9 Å². The van der Waals surface area contributed by atoms with Crippen LogP contribution in [0.4, 0.5) is 0 Å². The van der Waals surface area contributed by atoms with Crippen molar-refractivity contribution < 1.29 is 4.74 Å². The predicted molar refractivity (Wildman–Crippen MR) is 68.2 cm³/mol. The molecule has 0 atom stereocenters. The lowest BCUT2D eigenvalue weighted by molar-refractivity contribution is 0.368. The molecule has 2 aromatic heterocycles. The molecule has 2 aromatic rings. The van der Waals surface area contributed by atoms with Gasteiger partial charge in [-0.05, 0) is 6.92 Å². The Morgan fingerprint density at radius 2 is 2.11 bits per heavy atom. The van der Waals surface area contributed by atoms with E-state index in [4.69, 9.17) is 4.74 Å². The Balaban J connectivity index is 2.00. The minimum atomic E-state index is 0.718. The van der Waals surface area contributed by atoms with Crippen LogP contribution in [0.5, 0.6) is 5.88 Å². The Labute approximate surface area is 107 Å². The summed E-state index contributed by atoms with van der Waals surface area (Å²) in [5.41, 5.74) is 2.08. The van der Waals surface area contributed by atoms with Crippen LogP contribution in [0.2, 0.25) is 0 Å². The van der Waals surface area contributed by atoms with E-state index >= 15 is 0 Å². The van der Waals surface area contributed by atoms with E-state index in [0.717, 1.165) is 36.1 Å². The topological polar surface area (TPSA) is 56.9 Å². The summed E-state index contributed by atoms with van der Waals surface area (Å²) in [4.78, 5) is 4.27. The van der Waals surface area contributed by atoms with Gasteiger partial charge in [-0.2, -0.15) is 5.10 Å². The Hall–Kier alpha value is -1.82. The van der Waals surface area contributed by atoms with E-state index in [2.05, 4.69) is 15.4 Å². The molecule has 0 aliphatic heterocycles. The Morgan fingerprint density at radius 3 is 2.72 bits per heavy atom. The van der Waals surface area contributed by atoms with Gasteiger partial charge < -0.3 is 14.6 Å². The van der Waals surface area contributed by atoms with Crippen molar-refractivity contribution in [2.45, 2.75) is 20.0 Å². The number of methoxy groups -OCH3 is 1. The number of aromatic nitrogens is 4. The van der Waals surface area contributed by atoms with Crippen molar-refractivity contribution in [3.8, 4) is 5.88 Å². The smallest absolute Gasteiger partial charge is 0.216 e. The number of aryl methyl sites for hydroxylation is 3. The van der Waals surface area contributed by atoms with Gasteiger partial charge in [0, 0.05) is 33.0 Å². The van der Waals surface area contributed by atoms with Crippen LogP contribution in [0.15, 0.2) is 12.4 Å². The van der Waals surface area contributed by atoms with Gasteiger partial charge >= 0.3 is 0 Å². The van der Waals surface area contributed by atoms with Gasteiger partial charge in [0.15, 0.2) is 0 Å². The average molecular weight is 249 g/mol. The molecule has 0 aromatic carbocycles. The Morgan fingerprint density at radius 1 is 1.33 bits per heavy atom. The quantitative estimate of drug-likeness (QED) is 0.850. The van der Waals surface area contributed by atoms with Gasteiger partial charge in [0.25, 0.3) is 0 Å². The fourth-order valence-corrected chi connectivity index (χ4v) is 2.01. The zero-order valence-electron chi connectivity index (χ0n) is 11.3. The van der Waals surface area contributed by atoms with Crippen LogP contribution >= 0.6 is 0 Å². The third kappa shape index (κ3) is 2.38. The SMILES string of the molecule is COc1c(CNCc2nccn2C)c(C)nn1C. The molecule has 2 rings (SSSR count). The number of imidazole rings is 1.